The van der Waals surface area contributed by atoms with E-state index in [0.29, 0.717) is 18.5 Å². The van der Waals surface area contributed by atoms with E-state index >= 15 is 0 Å². The van der Waals surface area contributed by atoms with Crippen molar-refractivity contribution >= 4 is 23.4 Å². The van der Waals surface area contributed by atoms with Crippen molar-refractivity contribution in [2.45, 2.75) is 11.6 Å². The minimum Gasteiger partial charge on any atom is -0.496 e. The Morgan fingerprint density at radius 2 is 2.07 bits per heavy atom. The summed E-state index contributed by atoms with van der Waals surface area (Å²) in [5, 5.41) is 21.7. The van der Waals surface area contributed by atoms with E-state index < -0.39 is 4.92 Å². The van der Waals surface area contributed by atoms with Crippen molar-refractivity contribution in [3.05, 3.63) is 64.2 Å². The smallest absolute Gasteiger partial charge is 0.277 e. The highest BCUT2D eigenvalue weighted by atomic mass is 32.2. The number of nitro groups is 1. The maximum absolute atomic E-state index is 12.0. The molecule has 9 nitrogen and oxygen atoms in total. The first-order valence-corrected chi connectivity index (χ1v) is 9.65. The molecule has 0 fully saturated rings. The summed E-state index contributed by atoms with van der Waals surface area (Å²) in [6.07, 6.45) is 0.651. The summed E-state index contributed by atoms with van der Waals surface area (Å²) in [5.41, 5.74) is 1.39. The van der Waals surface area contributed by atoms with Crippen LogP contribution in [0.1, 0.15) is 5.56 Å². The number of aromatic nitrogens is 2. The summed E-state index contributed by atoms with van der Waals surface area (Å²) in [6.45, 7) is 0.475. The Bertz CT molecular complexity index is 1010. The summed E-state index contributed by atoms with van der Waals surface area (Å²) in [5.74, 6) is 0.895. The first kappa shape index (κ1) is 20.3. The standard InChI is InChI=1S/C19H18N4O5S/c1-27-16-8-3-2-5-13(16)9-10-20-17(24)12-29-19-22-21-18(28-19)14-6-4-7-15(11-14)23(25)26/h2-8,11H,9-10,12H2,1H3,(H,20,24). The van der Waals surface area contributed by atoms with Crippen LogP contribution in [0.25, 0.3) is 11.5 Å². The summed E-state index contributed by atoms with van der Waals surface area (Å²) in [6, 6.07) is 13.6. The van der Waals surface area contributed by atoms with Crippen molar-refractivity contribution in [1.82, 2.24) is 15.5 Å². The summed E-state index contributed by atoms with van der Waals surface area (Å²) < 4.78 is 10.8. The number of hydrogen-bond donors (Lipinski definition) is 1. The van der Waals surface area contributed by atoms with Gasteiger partial charge in [-0.1, -0.05) is 36.0 Å². The molecule has 2 aromatic carbocycles. The van der Waals surface area contributed by atoms with Crippen LogP contribution < -0.4 is 10.1 Å². The van der Waals surface area contributed by atoms with E-state index in [2.05, 4.69) is 15.5 Å². The molecular weight excluding hydrogens is 396 g/mol. The van der Waals surface area contributed by atoms with Crippen LogP contribution in [0.15, 0.2) is 58.2 Å². The molecule has 0 unspecified atom stereocenters. The SMILES string of the molecule is COc1ccccc1CCNC(=O)CSc1nnc(-c2cccc([N+](=O)[O-])c2)o1. The predicted molar refractivity (Wildman–Crippen MR) is 107 cm³/mol. The van der Waals surface area contributed by atoms with Crippen molar-refractivity contribution in [1.29, 1.82) is 0 Å². The maximum atomic E-state index is 12.0. The highest BCUT2D eigenvalue weighted by Crippen LogP contribution is 2.25. The van der Waals surface area contributed by atoms with Crippen LogP contribution in [0, 0.1) is 10.1 Å². The summed E-state index contributed by atoms with van der Waals surface area (Å²) >= 11 is 1.10. The van der Waals surface area contributed by atoms with Gasteiger partial charge in [0.25, 0.3) is 10.9 Å². The lowest BCUT2D eigenvalue weighted by Crippen LogP contribution is -2.27. The number of amides is 1. The molecule has 0 bridgehead atoms. The molecule has 0 saturated carbocycles. The minimum atomic E-state index is -0.495. The molecule has 0 saturated heterocycles. The van der Waals surface area contributed by atoms with Gasteiger partial charge < -0.3 is 14.5 Å². The second kappa shape index (κ2) is 9.69. The molecule has 0 radical (unpaired) electrons. The van der Waals surface area contributed by atoms with Gasteiger partial charge in [0.1, 0.15) is 5.75 Å². The fourth-order valence-electron chi connectivity index (χ4n) is 2.56. The van der Waals surface area contributed by atoms with Crippen LogP contribution in [-0.4, -0.2) is 40.4 Å². The molecule has 0 atom stereocenters. The Hall–Kier alpha value is -3.40. The fraction of sp³-hybridized carbons (Fsp3) is 0.211. The summed E-state index contributed by atoms with van der Waals surface area (Å²) in [7, 11) is 1.61. The van der Waals surface area contributed by atoms with Crippen molar-refractivity contribution in [2.75, 3.05) is 19.4 Å². The lowest BCUT2D eigenvalue weighted by Gasteiger charge is -2.08. The molecule has 3 rings (SSSR count). The van der Waals surface area contributed by atoms with Crippen molar-refractivity contribution in [3.63, 3.8) is 0 Å². The number of hydrogen-bond acceptors (Lipinski definition) is 8. The molecule has 1 aromatic heterocycles. The Morgan fingerprint density at radius 3 is 2.86 bits per heavy atom. The molecule has 150 valence electrons. The average Bonchev–Trinajstić information content (AvgIpc) is 3.22. The second-order valence-corrected chi connectivity index (χ2v) is 6.81. The number of nitro benzene ring substituents is 1. The van der Waals surface area contributed by atoms with E-state index in [1.54, 1.807) is 19.2 Å². The number of methoxy groups -OCH3 is 1. The Morgan fingerprint density at radius 1 is 1.24 bits per heavy atom. The molecule has 0 aliphatic rings. The molecule has 1 heterocycles. The first-order valence-electron chi connectivity index (χ1n) is 8.66. The van der Waals surface area contributed by atoms with E-state index in [-0.39, 0.29) is 28.5 Å². The lowest BCUT2D eigenvalue weighted by molar-refractivity contribution is -0.384. The van der Waals surface area contributed by atoms with Crippen LogP contribution >= 0.6 is 11.8 Å². The maximum Gasteiger partial charge on any atom is 0.277 e. The van der Waals surface area contributed by atoms with Crippen LogP contribution in [0.2, 0.25) is 0 Å². The number of thioether (sulfide) groups is 1. The van der Waals surface area contributed by atoms with Gasteiger partial charge in [-0.25, -0.2) is 0 Å². The molecule has 3 aromatic rings. The number of para-hydroxylation sites is 1. The monoisotopic (exact) mass is 414 g/mol. The number of rotatable bonds is 9. The Kier molecular flexibility index (Phi) is 6.80. The molecule has 0 spiro atoms. The second-order valence-electron chi connectivity index (χ2n) is 5.88. The van der Waals surface area contributed by atoms with Crippen LogP contribution in [0.3, 0.4) is 0 Å². The third-order valence-electron chi connectivity index (χ3n) is 3.95. The van der Waals surface area contributed by atoms with E-state index in [1.807, 2.05) is 24.3 Å². The van der Waals surface area contributed by atoms with Gasteiger partial charge >= 0.3 is 0 Å². The quantitative estimate of drug-likeness (QED) is 0.322. The highest BCUT2D eigenvalue weighted by Gasteiger charge is 2.14. The molecule has 0 aliphatic carbocycles. The van der Waals surface area contributed by atoms with Crippen molar-refractivity contribution in [3.8, 4) is 17.2 Å². The number of carbonyl (C=O) groups is 1. The van der Waals surface area contributed by atoms with Gasteiger partial charge in [-0.3, -0.25) is 14.9 Å². The van der Waals surface area contributed by atoms with Gasteiger partial charge in [-0.2, -0.15) is 0 Å². The van der Waals surface area contributed by atoms with Gasteiger partial charge in [0, 0.05) is 24.2 Å². The fourth-order valence-corrected chi connectivity index (χ4v) is 3.15. The van der Waals surface area contributed by atoms with Gasteiger partial charge in [0.15, 0.2) is 0 Å². The topological polar surface area (TPSA) is 120 Å². The molecule has 1 amide bonds. The number of carbonyl (C=O) groups excluding carboxylic acids is 1. The molecule has 1 N–H and O–H groups in total. The number of ether oxygens (including phenoxy) is 1. The van der Waals surface area contributed by atoms with Crippen molar-refractivity contribution in [2.24, 2.45) is 0 Å². The van der Waals surface area contributed by atoms with Crippen LogP contribution in [-0.2, 0) is 11.2 Å². The minimum absolute atomic E-state index is 0.0654. The highest BCUT2D eigenvalue weighted by molar-refractivity contribution is 7.99. The zero-order valence-corrected chi connectivity index (χ0v) is 16.3. The van der Waals surface area contributed by atoms with E-state index in [0.717, 1.165) is 23.1 Å². The molecular formula is C19H18N4O5S. The van der Waals surface area contributed by atoms with E-state index in [4.69, 9.17) is 9.15 Å². The Labute approximate surface area is 170 Å². The van der Waals surface area contributed by atoms with Crippen LogP contribution in [0.5, 0.6) is 5.75 Å². The third kappa shape index (κ3) is 5.55. The molecule has 29 heavy (non-hydrogen) atoms. The van der Waals surface area contributed by atoms with E-state index in [9.17, 15) is 14.9 Å². The number of nitrogens with one attached hydrogen (secondary N) is 1. The van der Waals surface area contributed by atoms with E-state index in [1.165, 1.54) is 12.1 Å². The van der Waals surface area contributed by atoms with Gasteiger partial charge in [-0.05, 0) is 24.1 Å². The predicted octanol–water partition coefficient (Wildman–Crippen LogP) is 3.10. The zero-order chi connectivity index (χ0) is 20.6. The third-order valence-corrected chi connectivity index (χ3v) is 4.76. The number of nitrogens with zero attached hydrogens (tertiary/aromatic N) is 3. The lowest BCUT2D eigenvalue weighted by atomic mass is 10.1. The normalized spacial score (nSPS) is 10.5. The molecule has 0 aliphatic heterocycles. The van der Waals surface area contributed by atoms with Crippen molar-refractivity contribution < 1.29 is 18.9 Å². The molecule has 10 heteroatoms. The number of benzene rings is 2. The van der Waals surface area contributed by atoms with Gasteiger partial charge in [0.2, 0.25) is 11.8 Å². The number of non-ortho nitro benzene ring substituents is 1. The largest absolute Gasteiger partial charge is 0.496 e. The Balaban J connectivity index is 1.48. The van der Waals surface area contributed by atoms with Crippen LogP contribution in [0.4, 0.5) is 5.69 Å². The van der Waals surface area contributed by atoms with Gasteiger partial charge in [0.05, 0.1) is 17.8 Å². The van der Waals surface area contributed by atoms with Gasteiger partial charge in [-0.15, -0.1) is 10.2 Å². The summed E-state index contributed by atoms with van der Waals surface area (Å²) in [4.78, 5) is 22.4. The first-order chi connectivity index (χ1) is 14.1. The zero-order valence-electron chi connectivity index (χ0n) is 15.5. The average molecular weight is 414 g/mol.